The van der Waals surface area contributed by atoms with Gasteiger partial charge in [-0.3, -0.25) is 9.81 Å². The van der Waals surface area contributed by atoms with Gasteiger partial charge in [-0.1, -0.05) is 34.8 Å². The van der Waals surface area contributed by atoms with Crippen LogP contribution in [-0.2, 0) is 33.5 Å². The fourth-order valence-electron chi connectivity index (χ4n) is 5.74. The highest BCUT2D eigenvalue weighted by Gasteiger charge is 2.56. The maximum Gasteiger partial charge on any atom is 0.306 e. The van der Waals surface area contributed by atoms with E-state index >= 15 is 0 Å². The lowest BCUT2D eigenvalue weighted by Gasteiger charge is -2.32. The summed E-state index contributed by atoms with van der Waals surface area (Å²) in [6.07, 6.45) is 7.99. The van der Waals surface area contributed by atoms with Gasteiger partial charge >= 0.3 is 17.2 Å². The van der Waals surface area contributed by atoms with Crippen LogP contribution in [0, 0.1) is 0 Å². The van der Waals surface area contributed by atoms with E-state index in [1.807, 2.05) is 36.4 Å². The molecule has 13 heteroatoms. The molecule has 5 rings (SSSR count). The van der Waals surface area contributed by atoms with Gasteiger partial charge in [-0.25, -0.2) is 18.2 Å². The molecule has 0 radical (unpaired) electrons. The van der Waals surface area contributed by atoms with Crippen molar-refractivity contribution in [3.63, 3.8) is 0 Å². The number of rotatable bonds is 10. The first-order valence-corrected chi connectivity index (χ1v) is 15.2. The summed E-state index contributed by atoms with van der Waals surface area (Å²) >= 11 is 16.7. The van der Waals surface area contributed by atoms with Gasteiger partial charge in [-0.15, -0.1) is 0 Å². The third-order valence-electron chi connectivity index (χ3n) is 7.43. The van der Waals surface area contributed by atoms with Gasteiger partial charge in [0.25, 0.3) is 5.82 Å². The van der Waals surface area contributed by atoms with E-state index in [-0.39, 0.29) is 11.1 Å². The van der Waals surface area contributed by atoms with Crippen molar-refractivity contribution in [3.05, 3.63) is 69.3 Å². The van der Waals surface area contributed by atoms with Gasteiger partial charge in [0.05, 0.1) is 36.3 Å². The first kappa shape index (κ1) is 29.5. The van der Waals surface area contributed by atoms with Crippen molar-refractivity contribution >= 4 is 69.0 Å². The van der Waals surface area contributed by atoms with E-state index in [9.17, 15) is 8.76 Å². The summed E-state index contributed by atoms with van der Waals surface area (Å²) < 4.78 is 37.5. The lowest BCUT2D eigenvalue weighted by molar-refractivity contribution is -0.674. The Bertz CT molecular complexity index is 1510. The van der Waals surface area contributed by atoms with E-state index < -0.39 is 17.6 Å². The maximum atomic E-state index is 11.7. The van der Waals surface area contributed by atoms with Crippen LogP contribution in [0.3, 0.4) is 0 Å². The number of allylic oxidation sites excluding steroid dienone is 2. The fraction of sp³-hybridized carbons (Fsp3) is 0.370. The molecule has 1 aromatic heterocycles. The predicted molar refractivity (Wildman–Crippen MR) is 156 cm³/mol. The minimum Gasteiger partial charge on any atom is -0.406 e. The third-order valence-corrected chi connectivity index (χ3v) is 8.77. The molecule has 214 valence electrons. The molecule has 2 N–H and O–H groups in total. The molecule has 0 saturated carbocycles. The second kappa shape index (κ2) is 12.5. The molecule has 3 atom stereocenters. The van der Waals surface area contributed by atoms with E-state index in [0.717, 1.165) is 35.4 Å². The molecule has 1 spiro atoms. The Morgan fingerprint density at radius 2 is 2.02 bits per heavy atom. The molecule has 2 aliphatic rings. The van der Waals surface area contributed by atoms with Gasteiger partial charge < -0.3 is 4.74 Å². The minimum atomic E-state index is -2.44. The first-order chi connectivity index (χ1) is 19.3. The minimum absolute atomic E-state index is 0.148. The van der Waals surface area contributed by atoms with Crippen LogP contribution >= 0.6 is 34.8 Å². The Balaban J connectivity index is 1.58. The molecule has 1 saturated heterocycles. The topological polar surface area (TPSA) is 94.0 Å². The average Bonchev–Trinajstić information content (AvgIpc) is 3.55. The van der Waals surface area contributed by atoms with Crippen LogP contribution in [0.25, 0.3) is 17.1 Å². The van der Waals surface area contributed by atoms with E-state index in [4.69, 9.17) is 49.0 Å². The lowest BCUT2D eigenvalue weighted by atomic mass is 10.2. The molecular weight excluding hydrogens is 601 g/mol. The Labute approximate surface area is 249 Å². The summed E-state index contributed by atoms with van der Waals surface area (Å²) in [6, 6.07) is 9.13. The van der Waals surface area contributed by atoms with Crippen LogP contribution in [0.2, 0.25) is 15.1 Å². The molecular formula is C27H30Cl3N3O6S+2. The second-order valence-electron chi connectivity index (χ2n) is 9.63. The van der Waals surface area contributed by atoms with Gasteiger partial charge in [0, 0.05) is 48.2 Å². The predicted octanol–water partition coefficient (Wildman–Crippen LogP) is 6.71. The van der Waals surface area contributed by atoms with Gasteiger partial charge in [-0.2, -0.15) is 8.69 Å². The largest absolute Gasteiger partial charge is 0.406 e. The number of aryl methyl sites for hydroxylation is 2. The average molecular weight is 631 g/mol. The molecule has 0 aliphatic carbocycles. The van der Waals surface area contributed by atoms with Crippen molar-refractivity contribution < 1.29 is 32.4 Å². The molecule has 3 unspecified atom stereocenters. The third kappa shape index (κ3) is 5.45. The summed E-state index contributed by atoms with van der Waals surface area (Å²) in [5.41, 5.74) is 2.69. The second-order valence-corrected chi connectivity index (χ2v) is 11.5. The quantitative estimate of drug-likeness (QED) is 0.0646. The number of imidazole rings is 1. The Hall–Kier alpha value is -1.99. The zero-order chi connectivity index (χ0) is 28.4. The molecule has 1 fully saturated rings. The normalized spacial score (nSPS) is 22.1. The van der Waals surface area contributed by atoms with Crippen LogP contribution in [0.4, 0.5) is 5.69 Å². The Morgan fingerprint density at radius 1 is 1.23 bits per heavy atom. The number of ether oxygens (including phenoxy) is 1. The Kier molecular flexibility index (Phi) is 9.20. The smallest absolute Gasteiger partial charge is 0.306 e. The monoisotopic (exact) mass is 629 g/mol. The maximum absolute atomic E-state index is 11.7. The fourth-order valence-corrected chi connectivity index (χ4v) is 6.66. The number of hydrogen-bond acceptors (Lipinski definition) is 5. The first-order valence-electron chi connectivity index (χ1n) is 13.0. The Morgan fingerprint density at radius 3 is 2.77 bits per heavy atom. The van der Waals surface area contributed by atoms with E-state index in [1.54, 1.807) is 12.1 Å². The molecule has 3 heterocycles. The van der Waals surface area contributed by atoms with Crippen molar-refractivity contribution in [3.8, 4) is 5.75 Å². The summed E-state index contributed by atoms with van der Waals surface area (Å²) in [7, 11) is 0. The van der Waals surface area contributed by atoms with Crippen LogP contribution in [-0.4, -0.2) is 38.0 Å². The molecule has 2 aliphatic heterocycles. The van der Waals surface area contributed by atoms with Crippen molar-refractivity contribution in [1.82, 2.24) is 9.05 Å². The zero-order valence-corrected chi connectivity index (χ0v) is 24.8. The van der Waals surface area contributed by atoms with E-state index in [2.05, 4.69) is 20.9 Å². The highest BCUT2D eigenvalue weighted by atomic mass is 35.5. The molecule has 0 bridgehead atoms. The molecule has 3 aromatic rings. The summed E-state index contributed by atoms with van der Waals surface area (Å²) in [5, 5.41) is 10.2. The van der Waals surface area contributed by atoms with Gasteiger partial charge in [0.1, 0.15) is 0 Å². The number of benzene rings is 2. The molecule has 9 nitrogen and oxygen atoms in total. The van der Waals surface area contributed by atoms with Crippen LogP contribution in [0.5, 0.6) is 5.75 Å². The lowest BCUT2D eigenvalue weighted by Crippen LogP contribution is -2.52. The summed E-state index contributed by atoms with van der Waals surface area (Å²) in [4.78, 5) is 4.25. The van der Waals surface area contributed by atoms with Gasteiger partial charge in [-0.05, 0) is 38.0 Å². The number of nitrogens with zero attached hydrogens (tertiary/aromatic N) is 3. The standard InChI is InChI=1S/C27H28Cl3N3O6S/c1-2-31-21-16-19(29)20(30)17-22(21)32(12-3-4-14-37-34)25(31)7-5-8-26-33(13-6-9-27(33)39-40(35)36)23-15-18(28)10-11-24(23)38-26/h5,7-8,10-11,15-17,27H,2-4,6,9,12-14H2,1H3/p+2/b7-5+,26-8+. The number of unbranched alkanes of at least 4 members (excludes halogenated alkanes) is 1. The number of fused-ring (bicyclic) bond motifs is 3. The summed E-state index contributed by atoms with van der Waals surface area (Å²) in [5.74, 6) is 2.14. The van der Waals surface area contributed by atoms with Crippen molar-refractivity contribution in [2.75, 3.05) is 13.2 Å². The summed E-state index contributed by atoms with van der Waals surface area (Å²) in [6.45, 7) is 4.30. The van der Waals surface area contributed by atoms with E-state index in [0.29, 0.717) is 59.2 Å². The highest BCUT2D eigenvalue weighted by Crippen LogP contribution is 2.51. The molecule has 40 heavy (non-hydrogen) atoms. The SMILES string of the molecule is CCn1c(/C=C/C=C2/Oc3ccc(Cl)cc3[N+]23CCCC3OS(=O)O)[n+](CCCCOO)c2cc(Cl)c(Cl)cc21. The van der Waals surface area contributed by atoms with Crippen LogP contribution in [0.15, 0.2) is 48.4 Å². The van der Waals surface area contributed by atoms with Crippen molar-refractivity contribution in [2.24, 2.45) is 0 Å². The van der Waals surface area contributed by atoms with Gasteiger partial charge in [0.2, 0.25) is 6.23 Å². The number of halogens is 3. The van der Waals surface area contributed by atoms with Crippen molar-refractivity contribution in [2.45, 2.75) is 51.9 Å². The van der Waals surface area contributed by atoms with Crippen molar-refractivity contribution in [1.29, 1.82) is 0 Å². The number of hydrogen-bond donors (Lipinski definition) is 2. The molecule has 0 amide bonds. The van der Waals surface area contributed by atoms with E-state index in [1.165, 1.54) is 0 Å². The van der Waals surface area contributed by atoms with Crippen LogP contribution < -0.4 is 13.8 Å². The highest BCUT2D eigenvalue weighted by molar-refractivity contribution is 7.74. The van der Waals surface area contributed by atoms with Gasteiger partial charge in [0.15, 0.2) is 22.5 Å². The number of quaternary nitrogens is 1. The number of aromatic nitrogens is 2. The van der Waals surface area contributed by atoms with Crippen LogP contribution in [0.1, 0.15) is 38.4 Å². The molecule has 2 aromatic carbocycles. The zero-order valence-electron chi connectivity index (χ0n) is 21.8.